The standard InChI is InChI=1S/C13H14F2O2/c1-2-3-4-10(13(16)17)7-9-5-6-11(14)12(15)8-9/h5-8H,2-4H2,1H3,(H,16,17). The molecule has 0 aliphatic carbocycles. The van der Waals surface area contributed by atoms with E-state index in [2.05, 4.69) is 0 Å². The van der Waals surface area contributed by atoms with Crippen molar-refractivity contribution in [1.29, 1.82) is 0 Å². The van der Waals surface area contributed by atoms with Gasteiger partial charge in [-0.25, -0.2) is 13.6 Å². The Morgan fingerprint density at radius 1 is 1.35 bits per heavy atom. The minimum absolute atomic E-state index is 0.206. The van der Waals surface area contributed by atoms with Crippen LogP contribution >= 0.6 is 0 Å². The van der Waals surface area contributed by atoms with Gasteiger partial charge < -0.3 is 5.11 Å². The van der Waals surface area contributed by atoms with Crippen LogP contribution in [0.1, 0.15) is 31.7 Å². The third-order valence-corrected chi connectivity index (χ3v) is 2.36. The smallest absolute Gasteiger partial charge is 0.331 e. The summed E-state index contributed by atoms with van der Waals surface area (Å²) in [4.78, 5) is 10.9. The molecule has 0 saturated heterocycles. The van der Waals surface area contributed by atoms with Crippen LogP contribution in [0.3, 0.4) is 0 Å². The molecular weight excluding hydrogens is 226 g/mol. The van der Waals surface area contributed by atoms with Gasteiger partial charge in [-0.1, -0.05) is 19.4 Å². The first-order chi connectivity index (χ1) is 8.04. The molecule has 0 fully saturated rings. The summed E-state index contributed by atoms with van der Waals surface area (Å²) in [6, 6.07) is 3.33. The Morgan fingerprint density at radius 3 is 2.59 bits per heavy atom. The summed E-state index contributed by atoms with van der Waals surface area (Å²) in [6.45, 7) is 1.96. The molecule has 0 unspecified atom stereocenters. The van der Waals surface area contributed by atoms with Gasteiger partial charge in [-0.15, -0.1) is 0 Å². The van der Waals surface area contributed by atoms with Crippen LogP contribution in [-0.4, -0.2) is 11.1 Å². The summed E-state index contributed by atoms with van der Waals surface area (Å²) in [7, 11) is 0. The van der Waals surface area contributed by atoms with Crippen molar-refractivity contribution in [1.82, 2.24) is 0 Å². The maximum absolute atomic E-state index is 12.9. The first-order valence-electron chi connectivity index (χ1n) is 5.43. The summed E-state index contributed by atoms with van der Waals surface area (Å²) >= 11 is 0. The van der Waals surface area contributed by atoms with Crippen molar-refractivity contribution in [3.63, 3.8) is 0 Å². The van der Waals surface area contributed by atoms with E-state index in [1.54, 1.807) is 0 Å². The third kappa shape index (κ3) is 3.98. The highest BCUT2D eigenvalue weighted by Gasteiger charge is 2.08. The van der Waals surface area contributed by atoms with Crippen molar-refractivity contribution in [3.8, 4) is 0 Å². The zero-order valence-corrected chi connectivity index (χ0v) is 9.54. The number of aliphatic carboxylic acids is 1. The van der Waals surface area contributed by atoms with Crippen LogP contribution in [0.2, 0.25) is 0 Å². The number of hydrogen-bond acceptors (Lipinski definition) is 1. The van der Waals surface area contributed by atoms with Gasteiger partial charge in [-0.05, 0) is 36.6 Å². The fourth-order valence-electron chi connectivity index (χ4n) is 1.41. The Kier molecular flexibility index (Phi) is 4.82. The molecule has 0 bridgehead atoms. The topological polar surface area (TPSA) is 37.3 Å². The Balaban J connectivity index is 2.95. The summed E-state index contributed by atoms with van der Waals surface area (Å²) in [5.41, 5.74) is 0.565. The van der Waals surface area contributed by atoms with E-state index < -0.39 is 17.6 Å². The Morgan fingerprint density at radius 2 is 2.06 bits per heavy atom. The molecule has 0 spiro atoms. The Hall–Kier alpha value is -1.71. The van der Waals surface area contributed by atoms with Crippen LogP contribution in [0.25, 0.3) is 6.08 Å². The highest BCUT2D eigenvalue weighted by molar-refractivity contribution is 5.92. The lowest BCUT2D eigenvalue weighted by molar-refractivity contribution is -0.132. The second kappa shape index (κ2) is 6.13. The third-order valence-electron chi connectivity index (χ3n) is 2.36. The maximum atomic E-state index is 12.9. The number of carboxylic acid groups (broad SMARTS) is 1. The number of halogens is 2. The monoisotopic (exact) mass is 240 g/mol. The summed E-state index contributed by atoms with van der Waals surface area (Å²) in [5.74, 6) is -2.94. The Bertz CT molecular complexity index is 439. The highest BCUT2D eigenvalue weighted by atomic mass is 19.2. The number of rotatable bonds is 5. The van der Waals surface area contributed by atoms with Crippen molar-refractivity contribution in [2.45, 2.75) is 26.2 Å². The first-order valence-corrected chi connectivity index (χ1v) is 5.43. The van der Waals surface area contributed by atoms with E-state index in [1.807, 2.05) is 6.92 Å². The predicted molar refractivity (Wildman–Crippen MR) is 61.5 cm³/mol. The van der Waals surface area contributed by atoms with Crippen LogP contribution in [0.5, 0.6) is 0 Å². The molecule has 0 aliphatic rings. The van der Waals surface area contributed by atoms with Crippen LogP contribution in [0.4, 0.5) is 8.78 Å². The fraction of sp³-hybridized carbons (Fsp3) is 0.308. The van der Waals surface area contributed by atoms with E-state index in [-0.39, 0.29) is 5.57 Å². The molecule has 0 saturated carbocycles. The van der Waals surface area contributed by atoms with E-state index in [0.29, 0.717) is 12.0 Å². The molecule has 1 N–H and O–H groups in total. The summed E-state index contributed by atoms with van der Waals surface area (Å²) in [5, 5.41) is 8.95. The average molecular weight is 240 g/mol. The number of hydrogen-bond donors (Lipinski definition) is 1. The van der Waals surface area contributed by atoms with E-state index in [0.717, 1.165) is 25.0 Å². The van der Waals surface area contributed by atoms with Crippen LogP contribution in [0.15, 0.2) is 23.8 Å². The molecule has 2 nitrogen and oxygen atoms in total. The highest BCUT2D eigenvalue weighted by Crippen LogP contribution is 2.15. The second-order valence-electron chi connectivity index (χ2n) is 3.75. The van der Waals surface area contributed by atoms with Crippen LogP contribution in [0, 0.1) is 11.6 Å². The minimum atomic E-state index is -1.02. The molecule has 4 heteroatoms. The lowest BCUT2D eigenvalue weighted by Gasteiger charge is -2.02. The van der Waals surface area contributed by atoms with Crippen molar-refractivity contribution in [3.05, 3.63) is 41.0 Å². The molecule has 0 amide bonds. The van der Waals surface area contributed by atoms with Crippen LogP contribution in [-0.2, 0) is 4.79 Å². The molecule has 0 aliphatic heterocycles. The van der Waals surface area contributed by atoms with Gasteiger partial charge in [0.15, 0.2) is 11.6 Å². The van der Waals surface area contributed by atoms with Crippen molar-refractivity contribution in [2.24, 2.45) is 0 Å². The van der Waals surface area contributed by atoms with E-state index >= 15 is 0 Å². The number of carboxylic acids is 1. The maximum Gasteiger partial charge on any atom is 0.331 e. The average Bonchev–Trinajstić information content (AvgIpc) is 2.28. The number of benzene rings is 1. The number of carbonyl (C=O) groups is 1. The normalized spacial score (nSPS) is 11.6. The van der Waals surface area contributed by atoms with Gasteiger partial charge in [0.2, 0.25) is 0 Å². The quantitative estimate of drug-likeness (QED) is 0.798. The van der Waals surface area contributed by atoms with Gasteiger partial charge in [0, 0.05) is 5.57 Å². The van der Waals surface area contributed by atoms with Gasteiger partial charge in [-0.2, -0.15) is 0 Å². The van der Waals surface area contributed by atoms with Crippen molar-refractivity contribution < 1.29 is 18.7 Å². The SMILES string of the molecule is CCCCC(=Cc1ccc(F)c(F)c1)C(=O)O. The van der Waals surface area contributed by atoms with Gasteiger partial charge >= 0.3 is 5.97 Å². The summed E-state index contributed by atoms with van der Waals surface area (Å²) in [6.07, 6.45) is 3.43. The fourth-order valence-corrected chi connectivity index (χ4v) is 1.41. The van der Waals surface area contributed by atoms with E-state index in [4.69, 9.17) is 5.11 Å². The molecular formula is C13H14F2O2. The van der Waals surface area contributed by atoms with Crippen molar-refractivity contribution >= 4 is 12.0 Å². The lowest BCUT2D eigenvalue weighted by atomic mass is 10.1. The molecule has 1 aromatic carbocycles. The number of unbranched alkanes of at least 4 members (excludes halogenated alkanes) is 1. The zero-order valence-electron chi connectivity index (χ0n) is 9.54. The zero-order chi connectivity index (χ0) is 12.8. The largest absolute Gasteiger partial charge is 0.478 e. The van der Waals surface area contributed by atoms with Gasteiger partial charge in [0.1, 0.15) is 0 Å². The molecule has 0 heterocycles. The lowest BCUT2D eigenvalue weighted by Crippen LogP contribution is -2.00. The van der Waals surface area contributed by atoms with Crippen molar-refractivity contribution in [2.75, 3.05) is 0 Å². The van der Waals surface area contributed by atoms with E-state index in [1.165, 1.54) is 12.1 Å². The summed E-state index contributed by atoms with van der Waals surface area (Å²) < 4.78 is 25.6. The predicted octanol–water partition coefficient (Wildman–Crippen LogP) is 3.62. The van der Waals surface area contributed by atoms with Gasteiger partial charge in [-0.3, -0.25) is 0 Å². The molecule has 1 rings (SSSR count). The molecule has 17 heavy (non-hydrogen) atoms. The second-order valence-corrected chi connectivity index (χ2v) is 3.75. The molecule has 0 aromatic heterocycles. The first kappa shape index (κ1) is 13.4. The van der Waals surface area contributed by atoms with Gasteiger partial charge in [0.25, 0.3) is 0 Å². The van der Waals surface area contributed by atoms with Gasteiger partial charge in [0.05, 0.1) is 0 Å². The molecule has 1 aromatic rings. The minimum Gasteiger partial charge on any atom is -0.478 e. The van der Waals surface area contributed by atoms with E-state index in [9.17, 15) is 13.6 Å². The molecule has 0 radical (unpaired) electrons. The van der Waals surface area contributed by atoms with Crippen LogP contribution < -0.4 is 0 Å². The molecule has 0 atom stereocenters. The Labute approximate surface area is 98.6 Å². The molecule has 92 valence electrons.